The van der Waals surface area contributed by atoms with Crippen LogP contribution in [0.5, 0.6) is 0 Å². The van der Waals surface area contributed by atoms with Crippen LogP contribution in [0.4, 0.5) is 5.69 Å². The minimum Gasteiger partial charge on any atom is -0.364 e. The number of rotatable bonds is 6. The van der Waals surface area contributed by atoms with E-state index in [0.29, 0.717) is 18.5 Å². The Balaban J connectivity index is 1.85. The predicted molar refractivity (Wildman–Crippen MR) is 110 cm³/mol. The summed E-state index contributed by atoms with van der Waals surface area (Å²) in [5, 5.41) is 0. The molecule has 0 saturated carbocycles. The summed E-state index contributed by atoms with van der Waals surface area (Å²) in [6.07, 6.45) is 0.622. The molecule has 3 rings (SSSR count). The van der Waals surface area contributed by atoms with Gasteiger partial charge >= 0.3 is 0 Å². The van der Waals surface area contributed by atoms with Gasteiger partial charge < -0.3 is 9.47 Å². The van der Waals surface area contributed by atoms with E-state index in [0.717, 1.165) is 29.2 Å². The summed E-state index contributed by atoms with van der Waals surface area (Å²) in [6.45, 7) is 9.04. The first kappa shape index (κ1) is 19.7. The number of carbonyl (C=O) groups excluding carboxylic acids is 1. The van der Waals surface area contributed by atoms with Crippen molar-refractivity contribution in [2.75, 3.05) is 29.5 Å². The average molecular weight is 389 g/mol. The molecule has 1 aromatic heterocycles. The van der Waals surface area contributed by atoms with E-state index in [1.807, 2.05) is 49.6 Å². The van der Waals surface area contributed by atoms with E-state index < -0.39 is 9.84 Å². The molecule has 1 aliphatic heterocycles. The molecule has 0 aliphatic carbocycles. The average Bonchev–Trinajstić information content (AvgIpc) is 3.11. The minimum atomic E-state index is -2.97. The van der Waals surface area contributed by atoms with Crippen molar-refractivity contribution in [1.29, 1.82) is 0 Å². The molecule has 146 valence electrons. The first-order valence-corrected chi connectivity index (χ1v) is 11.3. The van der Waals surface area contributed by atoms with Crippen LogP contribution in [0.15, 0.2) is 30.3 Å². The van der Waals surface area contributed by atoms with Gasteiger partial charge in [0.25, 0.3) is 0 Å². The second-order valence-electron chi connectivity index (χ2n) is 7.44. The normalized spacial score (nSPS) is 18.6. The molecule has 2 aromatic rings. The zero-order valence-electron chi connectivity index (χ0n) is 16.5. The van der Waals surface area contributed by atoms with Crippen LogP contribution < -0.4 is 4.90 Å². The second kappa shape index (κ2) is 7.50. The highest BCUT2D eigenvalue weighted by Crippen LogP contribution is 2.29. The van der Waals surface area contributed by atoms with Gasteiger partial charge in [-0.1, -0.05) is 18.2 Å². The molecule has 2 heterocycles. The number of para-hydroxylation sites is 1. The maximum Gasteiger partial charge on any atom is 0.183 e. The van der Waals surface area contributed by atoms with Gasteiger partial charge in [0, 0.05) is 35.2 Å². The smallest absolute Gasteiger partial charge is 0.183 e. The Labute approximate surface area is 161 Å². The maximum atomic E-state index is 13.1. The second-order valence-corrected chi connectivity index (χ2v) is 9.66. The number of anilines is 1. The summed E-state index contributed by atoms with van der Waals surface area (Å²) in [7, 11) is -2.97. The van der Waals surface area contributed by atoms with Crippen molar-refractivity contribution < 1.29 is 13.2 Å². The van der Waals surface area contributed by atoms with Gasteiger partial charge in [-0.3, -0.25) is 4.79 Å². The number of Topliss-reactive ketones (excluding diaryl/α,β-unsaturated/α-hetero) is 1. The highest BCUT2D eigenvalue weighted by Gasteiger charge is 2.31. The molecule has 0 bridgehead atoms. The third-order valence-electron chi connectivity index (χ3n) is 5.53. The summed E-state index contributed by atoms with van der Waals surface area (Å²) < 4.78 is 25.8. The van der Waals surface area contributed by atoms with Gasteiger partial charge in [0.05, 0.1) is 18.1 Å². The lowest BCUT2D eigenvalue weighted by Gasteiger charge is -2.24. The number of hydrogen-bond donors (Lipinski definition) is 0. The van der Waals surface area contributed by atoms with E-state index in [1.165, 1.54) is 0 Å². The fraction of sp³-hybridized carbons (Fsp3) is 0.476. The number of nitrogens with zero attached hydrogens (tertiary/aromatic N) is 2. The van der Waals surface area contributed by atoms with Crippen LogP contribution in [0.2, 0.25) is 0 Å². The summed E-state index contributed by atoms with van der Waals surface area (Å²) >= 11 is 0. The molecular formula is C21H28N2O3S. The molecular weight excluding hydrogens is 360 g/mol. The first-order chi connectivity index (χ1) is 12.7. The SMILES string of the molecule is CCN(CC(=O)c1cc(C)n([C@@H]2CCS(=O)(=O)C2)c1C)c1ccccc1C. The Morgan fingerprint density at radius 2 is 1.93 bits per heavy atom. The Hall–Kier alpha value is -2.08. The van der Waals surface area contributed by atoms with Crippen LogP contribution in [0.1, 0.15) is 46.7 Å². The van der Waals surface area contributed by atoms with Crippen LogP contribution in [-0.2, 0) is 9.84 Å². The highest BCUT2D eigenvalue weighted by atomic mass is 32.2. The molecule has 0 unspecified atom stereocenters. The van der Waals surface area contributed by atoms with Crippen molar-refractivity contribution in [3.63, 3.8) is 0 Å². The fourth-order valence-corrected chi connectivity index (χ4v) is 5.84. The first-order valence-electron chi connectivity index (χ1n) is 9.46. The van der Waals surface area contributed by atoms with Crippen LogP contribution >= 0.6 is 0 Å². The number of benzene rings is 1. The number of hydrogen-bond acceptors (Lipinski definition) is 4. The summed E-state index contributed by atoms with van der Waals surface area (Å²) in [5.74, 6) is 0.469. The van der Waals surface area contributed by atoms with Crippen molar-refractivity contribution in [1.82, 2.24) is 4.57 Å². The topological polar surface area (TPSA) is 59.4 Å². The van der Waals surface area contributed by atoms with Gasteiger partial charge in [-0.25, -0.2) is 8.42 Å². The Kier molecular flexibility index (Phi) is 5.47. The van der Waals surface area contributed by atoms with Crippen LogP contribution in [-0.4, -0.2) is 43.4 Å². The Morgan fingerprint density at radius 3 is 2.52 bits per heavy atom. The quantitative estimate of drug-likeness (QED) is 0.711. The third-order valence-corrected chi connectivity index (χ3v) is 7.28. The van der Waals surface area contributed by atoms with Crippen LogP contribution in [0.3, 0.4) is 0 Å². The Bertz CT molecular complexity index is 960. The lowest BCUT2D eigenvalue weighted by atomic mass is 10.1. The van der Waals surface area contributed by atoms with Gasteiger partial charge in [0.15, 0.2) is 15.6 Å². The predicted octanol–water partition coefficient (Wildman–Crippen LogP) is 3.48. The summed E-state index contributed by atoms with van der Waals surface area (Å²) in [5.41, 5.74) is 4.75. The molecule has 0 radical (unpaired) electrons. The van der Waals surface area contributed by atoms with Crippen LogP contribution in [0, 0.1) is 20.8 Å². The number of ketones is 1. The molecule has 1 fully saturated rings. The maximum absolute atomic E-state index is 13.1. The van der Waals surface area contributed by atoms with Gasteiger partial charge in [-0.15, -0.1) is 0 Å². The van der Waals surface area contributed by atoms with Crippen molar-refractivity contribution >= 4 is 21.3 Å². The molecule has 0 N–H and O–H groups in total. The van der Waals surface area contributed by atoms with E-state index in [4.69, 9.17) is 0 Å². The molecule has 5 nitrogen and oxygen atoms in total. The molecule has 6 heteroatoms. The summed E-state index contributed by atoms with van der Waals surface area (Å²) in [6, 6.07) is 9.93. The monoisotopic (exact) mass is 388 g/mol. The summed E-state index contributed by atoms with van der Waals surface area (Å²) in [4.78, 5) is 15.1. The largest absolute Gasteiger partial charge is 0.364 e. The van der Waals surface area contributed by atoms with Gasteiger partial charge in [-0.05, 0) is 51.8 Å². The van der Waals surface area contributed by atoms with Gasteiger partial charge in [0.1, 0.15) is 0 Å². The molecule has 27 heavy (non-hydrogen) atoms. The third kappa shape index (κ3) is 3.95. The number of aromatic nitrogens is 1. The molecule has 1 atom stereocenters. The molecule has 1 aliphatic rings. The van der Waals surface area contributed by atoms with Crippen LogP contribution in [0.25, 0.3) is 0 Å². The van der Waals surface area contributed by atoms with E-state index in [-0.39, 0.29) is 23.3 Å². The lowest BCUT2D eigenvalue weighted by Crippen LogP contribution is -2.30. The number of aryl methyl sites for hydroxylation is 2. The zero-order valence-corrected chi connectivity index (χ0v) is 17.3. The molecule has 0 amide bonds. The van der Waals surface area contributed by atoms with E-state index in [2.05, 4.69) is 17.9 Å². The molecule has 1 aromatic carbocycles. The van der Waals surface area contributed by atoms with E-state index >= 15 is 0 Å². The zero-order chi connectivity index (χ0) is 19.8. The van der Waals surface area contributed by atoms with Gasteiger partial charge in [0.2, 0.25) is 0 Å². The van der Waals surface area contributed by atoms with Crippen molar-refractivity contribution in [2.24, 2.45) is 0 Å². The van der Waals surface area contributed by atoms with Crippen molar-refractivity contribution in [3.8, 4) is 0 Å². The van der Waals surface area contributed by atoms with Crippen molar-refractivity contribution in [2.45, 2.75) is 40.2 Å². The van der Waals surface area contributed by atoms with Crippen molar-refractivity contribution in [3.05, 3.63) is 52.8 Å². The Morgan fingerprint density at radius 1 is 1.22 bits per heavy atom. The number of carbonyl (C=O) groups is 1. The molecule has 1 saturated heterocycles. The minimum absolute atomic E-state index is 0.0600. The number of sulfone groups is 1. The lowest BCUT2D eigenvalue weighted by molar-refractivity contribution is 0.0998. The molecule has 0 spiro atoms. The van der Waals surface area contributed by atoms with E-state index in [9.17, 15) is 13.2 Å². The standard InChI is InChI=1S/C21H28N2O3S/c1-5-22(20-9-7-6-8-15(20)2)13-21(24)19-12-16(3)23(17(19)4)18-10-11-27(25,26)14-18/h6-9,12,18H,5,10-11,13-14H2,1-4H3/t18-/m1/s1. The highest BCUT2D eigenvalue weighted by molar-refractivity contribution is 7.91. The van der Waals surface area contributed by atoms with Gasteiger partial charge in [-0.2, -0.15) is 0 Å². The fourth-order valence-electron chi connectivity index (χ4n) is 4.14. The number of likely N-dealkylation sites (N-methyl/N-ethyl adjacent to an activating group) is 1. The van der Waals surface area contributed by atoms with E-state index in [1.54, 1.807) is 0 Å².